The van der Waals surface area contributed by atoms with E-state index in [1.807, 2.05) is 37.3 Å². The Labute approximate surface area is 87.5 Å². The molecule has 0 radical (unpaired) electrons. The fourth-order valence-corrected chi connectivity index (χ4v) is 1.31. The second-order valence-corrected chi connectivity index (χ2v) is 3.70. The van der Waals surface area contributed by atoms with E-state index in [9.17, 15) is 0 Å². The van der Waals surface area contributed by atoms with Crippen LogP contribution in [0, 0.1) is 0 Å². The first-order valence-corrected chi connectivity index (χ1v) is 4.86. The molecule has 0 aliphatic carbocycles. The molecule has 0 saturated heterocycles. The largest absolute Gasteiger partial charge is 0.439 e. The van der Waals surface area contributed by atoms with Gasteiger partial charge < -0.3 is 4.42 Å². The zero-order valence-corrected chi connectivity index (χ0v) is 8.53. The third-order valence-electron chi connectivity index (χ3n) is 1.92. The van der Waals surface area contributed by atoms with Crippen LogP contribution in [-0.4, -0.2) is 4.98 Å². The molecule has 0 amide bonds. The van der Waals surface area contributed by atoms with Crippen LogP contribution in [0.5, 0.6) is 0 Å². The number of aromatic nitrogens is 1. The summed E-state index contributed by atoms with van der Waals surface area (Å²) in [5.41, 5.74) is 1.02. The lowest BCUT2D eigenvalue weighted by Gasteiger charge is -1.95. The van der Waals surface area contributed by atoms with E-state index in [0.717, 1.165) is 11.3 Å². The Hall–Kier alpha value is -1.28. The topological polar surface area (TPSA) is 26.0 Å². The van der Waals surface area contributed by atoms with Gasteiger partial charge in [-0.2, -0.15) is 0 Å². The van der Waals surface area contributed by atoms with E-state index in [0.29, 0.717) is 5.89 Å². The van der Waals surface area contributed by atoms with Crippen molar-refractivity contribution in [2.24, 2.45) is 0 Å². The van der Waals surface area contributed by atoms with Gasteiger partial charge >= 0.3 is 0 Å². The summed E-state index contributed by atoms with van der Waals surface area (Å²) in [5, 5.41) is -0.188. The summed E-state index contributed by atoms with van der Waals surface area (Å²) < 4.78 is 5.49. The molecule has 3 heteroatoms. The van der Waals surface area contributed by atoms with Crippen LogP contribution < -0.4 is 0 Å². The van der Waals surface area contributed by atoms with Gasteiger partial charge in [0.2, 0.25) is 5.89 Å². The Morgan fingerprint density at radius 1 is 1.29 bits per heavy atom. The highest BCUT2D eigenvalue weighted by atomic mass is 35.5. The lowest BCUT2D eigenvalue weighted by Crippen LogP contribution is -1.80. The maximum atomic E-state index is 5.85. The highest BCUT2D eigenvalue weighted by Gasteiger charge is 2.09. The Morgan fingerprint density at radius 3 is 2.57 bits per heavy atom. The summed E-state index contributed by atoms with van der Waals surface area (Å²) in [4.78, 5) is 4.09. The van der Waals surface area contributed by atoms with Crippen molar-refractivity contribution in [2.75, 3.05) is 0 Å². The number of oxazole rings is 1. The maximum Gasteiger partial charge on any atom is 0.212 e. The molecule has 0 N–H and O–H groups in total. The summed E-state index contributed by atoms with van der Waals surface area (Å²) in [5.74, 6) is 1.32. The maximum absolute atomic E-state index is 5.85. The van der Waals surface area contributed by atoms with Crippen LogP contribution in [0.2, 0.25) is 0 Å². The number of benzene rings is 1. The Kier molecular flexibility index (Phi) is 2.55. The molecular formula is C11H10ClNO. The summed E-state index contributed by atoms with van der Waals surface area (Å²) in [6, 6.07) is 9.83. The van der Waals surface area contributed by atoms with Gasteiger partial charge in [0, 0.05) is 5.56 Å². The highest BCUT2D eigenvalue weighted by molar-refractivity contribution is 6.20. The Bertz CT molecular complexity index is 408. The van der Waals surface area contributed by atoms with Gasteiger partial charge in [0.1, 0.15) is 5.38 Å². The van der Waals surface area contributed by atoms with Crippen molar-refractivity contribution in [3.63, 3.8) is 0 Å². The minimum atomic E-state index is -0.188. The average Bonchev–Trinajstić information content (AvgIpc) is 2.68. The van der Waals surface area contributed by atoms with Gasteiger partial charge in [-0.05, 0) is 6.92 Å². The number of hydrogen-bond acceptors (Lipinski definition) is 2. The third kappa shape index (κ3) is 1.80. The molecule has 2 nitrogen and oxygen atoms in total. The number of rotatable bonds is 2. The van der Waals surface area contributed by atoms with Gasteiger partial charge in [-0.1, -0.05) is 30.3 Å². The first-order valence-electron chi connectivity index (χ1n) is 4.42. The van der Waals surface area contributed by atoms with Crippen molar-refractivity contribution in [1.29, 1.82) is 0 Å². The molecule has 0 aliphatic heterocycles. The predicted octanol–water partition coefficient (Wildman–Crippen LogP) is 3.64. The summed E-state index contributed by atoms with van der Waals surface area (Å²) in [6.45, 7) is 1.84. The predicted molar refractivity (Wildman–Crippen MR) is 56.2 cm³/mol. The minimum absolute atomic E-state index is 0.188. The first kappa shape index (κ1) is 9.28. The molecule has 2 aromatic rings. The smallest absolute Gasteiger partial charge is 0.212 e. The second-order valence-electron chi connectivity index (χ2n) is 3.04. The van der Waals surface area contributed by atoms with Gasteiger partial charge in [0.15, 0.2) is 5.76 Å². The lowest BCUT2D eigenvalue weighted by molar-refractivity contribution is 0.508. The van der Waals surface area contributed by atoms with Crippen molar-refractivity contribution in [3.05, 3.63) is 42.4 Å². The minimum Gasteiger partial charge on any atom is -0.439 e. The van der Waals surface area contributed by atoms with Gasteiger partial charge in [-0.25, -0.2) is 4.98 Å². The van der Waals surface area contributed by atoms with Crippen molar-refractivity contribution in [2.45, 2.75) is 12.3 Å². The van der Waals surface area contributed by atoms with Crippen LogP contribution in [-0.2, 0) is 0 Å². The highest BCUT2D eigenvalue weighted by Crippen LogP contribution is 2.25. The van der Waals surface area contributed by atoms with Crippen LogP contribution in [0.4, 0.5) is 0 Å². The number of halogens is 1. The fourth-order valence-electron chi connectivity index (χ4n) is 1.21. The Morgan fingerprint density at radius 2 is 2.00 bits per heavy atom. The normalized spacial score (nSPS) is 12.7. The molecule has 0 unspecified atom stereocenters. The molecule has 0 fully saturated rings. The van der Waals surface area contributed by atoms with Crippen molar-refractivity contribution >= 4 is 11.6 Å². The van der Waals surface area contributed by atoms with Crippen LogP contribution in [0.3, 0.4) is 0 Å². The van der Waals surface area contributed by atoms with Gasteiger partial charge in [-0.3, -0.25) is 0 Å². The van der Waals surface area contributed by atoms with Gasteiger partial charge in [-0.15, -0.1) is 11.6 Å². The molecular weight excluding hydrogens is 198 g/mol. The fraction of sp³-hybridized carbons (Fsp3) is 0.182. The molecule has 0 spiro atoms. The van der Waals surface area contributed by atoms with E-state index in [-0.39, 0.29) is 5.38 Å². The number of nitrogens with zero attached hydrogens (tertiary/aromatic N) is 1. The monoisotopic (exact) mass is 207 g/mol. The lowest BCUT2D eigenvalue weighted by atomic mass is 10.2. The van der Waals surface area contributed by atoms with Crippen LogP contribution in [0.15, 0.2) is 40.9 Å². The molecule has 1 heterocycles. The quantitative estimate of drug-likeness (QED) is 0.703. The first-order chi connectivity index (χ1) is 6.77. The summed E-state index contributed by atoms with van der Waals surface area (Å²) >= 11 is 5.85. The van der Waals surface area contributed by atoms with Gasteiger partial charge in [0.05, 0.1) is 6.20 Å². The van der Waals surface area contributed by atoms with Gasteiger partial charge in [0.25, 0.3) is 0 Å². The summed E-state index contributed by atoms with van der Waals surface area (Å²) in [6.07, 6.45) is 1.70. The Balaban J connectivity index is 2.34. The number of hydrogen-bond donors (Lipinski definition) is 0. The SMILES string of the molecule is C[C@@H](Cl)c1ncc(-c2ccccc2)o1. The van der Waals surface area contributed by atoms with Crippen LogP contribution in [0.25, 0.3) is 11.3 Å². The second kappa shape index (κ2) is 3.84. The van der Waals surface area contributed by atoms with Crippen molar-refractivity contribution in [1.82, 2.24) is 4.98 Å². The molecule has 72 valence electrons. The van der Waals surface area contributed by atoms with Crippen LogP contribution >= 0.6 is 11.6 Å². The average molecular weight is 208 g/mol. The molecule has 0 aliphatic rings. The molecule has 2 rings (SSSR count). The van der Waals surface area contributed by atoms with E-state index >= 15 is 0 Å². The zero-order chi connectivity index (χ0) is 9.97. The van der Waals surface area contributed by atoms with E-state index in [1.54, 1.807) is 6.20 Å². The van der Waals surface area contributed by atoms with E-state index in [2.05, 4.69) is 4.98 Å². The van der Waals surface area contributed by atoms with Crippen molar-refractivity contribution in [3.8, 4) is 11.3 Å². The molecule has 1 aromatic heterocycles. The number of alkyl halides is 1. The molecule has 1 aromatic carbocycles. The standard InChI is InChI=1S/C11H10ClNO/c1-8(12)11-13-7-10(14-11)9-5-3-2-4-6-9/h2-8H,1H3/t8-/m1/s1. The molecule has 1 atom stereocenters. The van der Waals surface area contributed by atoms with E-state index < -0.39 is 0 Å². The van der Waals surface area contributed by atoms with Crippen LogP contribution in [0.1, 0.15) is 18.2 Å². The zero-order valence-electron chi connectivity index (χ0n) is 7.77. The van der Waals surface area contributed by atoms with E-state index in [1.165, 1.54) is 0 Å². The van der Waals surface area contributed by atoms with E-state index in [4.69, 9.17) is 16.0 Å². The molecule has 14 heavy (non-hydrogen) atoms. The third-order valence-corrected chi connectivity index (χ3v) is 2.11. The summed E-state index contributed by atoms with van der Waals surface area (Å²) in [7, 11) is 0. The molecule has 0 saturated carbocycles. The van der Waals surface area contributed by atoms with Crippen molar-refractivity contribution < 1.29 is 4.42 Å². The molecule has 0 bridgehead atoms.